The van der Waals surface area contributed by atoms with E-state index >= 15 is 0 Å². The van der Waals surface area contributed by atoms with E-state index < -0.39 is 5.82 Å². The number of nitrogens with two attached hydrogens (primary N) is 1. The number of hydrogen-bond donors (Lipinski definition) is 3. The Morgan fingerprint density at radius 2 is 1.94 bits per heavy atom. The highest BCUT2D eigenvalue weighted by Crippen LogP contribution is 2.29. The minimum Gasteiger partial charge on any atom is -0.339 e. The van der Waals surface area contributed by atoms with Gasteiger partial charge in [-0.15, -0.1) is 0 Å². The van der Waals surface area contributed by atoms with Crippen molar-refractivity contribution < 1.29 is 4.39 Å². The second-order valence-electron chi connectivity index (χ2n) is 3.31. The van der Waals surface area contributed by atoms with Gasteiger partial charge in [0.25, 0.3) is 0 Å². The number of benzene rings is 1. The monoisotopic (exact) mass is 331 g/mol. The first-order valence-electron chi connectivity index (χ1n) is 4.80. The second kappa shape index (κ2) is 5.47. The number of nitrogens with one attached hydrogen (secondary N) is 2. The highest BCUT2D eigenvalue weighted by atomic mass is 79.9. The topological polar surface area (TPSA) is 75.9 Å². The minimum atomic E-state index is -0.438. The molecule has 0 aliphatic heterocycles. The van der Waals surface area contributed by atoms with Gasteiger partial charge in [0.2, 0.25) is 0 Å². The first kappa shape index (κ1) is 13.0. The molecule has 1 heterocycles. The Bertz CT molecular complexity index is 560. The molecule has 0 saturated carbocycles. The Morgan fingerprint density at radius 3 is 2.61 bits per heavy atom. The fourth-order valence-electron chi connectivity index (χ4n) is 1.32. The van der Waals surface area contributed by atoms with E-state index in [4.69, 9.17) is 17.4 Å². The molecule has 2 aromatic rings. The summed E-state index contributed by atoms with van der Waals surface area (Å²) in [6.07, 6.45) is 1.32. The fraction of sp³-hybridized carbons (Fsp3) is 0. The number of anilines is 3. The standard InChI is InChI=1S/C10H8BrClFN5/c11-8-9(15-4-16-10(8)18-14)17-7-2-5(12)1-6(13)3-7/h1-4H,14H2,(H2,15,16,17,18). The van der Waals surface area contributed by atoms with Crippen LogP contribution in [0.1, 0.15) is 0 Å². The van der Waals surface area contributed by atoms with Crippen LogP contribution in [0.5, 0.6) is 0 Å². The molecule has 1 aromatic carbocycles. The first-order valence-corrected chi connectivity index (χ1v) is 5.97. The van der Waals surface area contributed by atoms with Crippen molar-refractivity contribution in [3.8, 4) is 0 Å². The van der Waals surface area contributed by atoms with Gasteiger partial charge in [-0.05, 0) is 34.1 Å². The van der Waals surface area contributed by atoms with Crippen molar-refractivity contribution in [1.82, 2.24) is 9.97 Å². The van der Waals surface area contributed by atoms with Crippen molar-refractivity contribution in [2.24, 2.45) is 5.84 Å². The molecule has 1 aromatic heterocycles. The van der Waals surface area contributed by atoms with Gasteiger partial charge in [-0.3, -0.25) is 0 Å². The van der Waals surface area contributed by atoms with Gasteiger partial charge in [0.1, 0.15) is 22.4 Å². The van der Waals surface area contributed by atoms with Crippen LogP contribution in [0.25, 0.3) is 0 Å². The van der Waals surface area contributed by atoms with Crippen molar-refractivity contribution >= 4 is 44.9 Å². The molecule has 4 N–H and O–H groups in total. The zero-order chi connectivity index (χ0) is 13.1. The molecule has 0 fully saturated rings. The smallest absolute Gasteiger partial charge is 0.159 e. The Labute approximate surface area is 116 Å². The van der Waals surface area contributed by atoms with Gasteiger partial charge in [0.05, 0.1) is 0 Å². The van der Waals surface area contributed by atoms with Gasteiger partial charge in [0.15, 0.2) is 5.82 Å². The highest BCUT2D eigenvalue weighted by Gasteiger charge is 2.08. The van der Waals surface area contributed by atoms with Crippen LogP contribution in [0, 0.1) is 5.82 Å². The maximum Gasteiger partial charge on any atom is 0.159 e. The molecule has 0 spiro atoms. The average molecular weight is 333 g/mol. The number of halogens is 3. The number of hydrogen-bond acceptors (Lipinski definition) is 5. The summed E-state index contributed by atoms with van der Waals surface area (Å²) < 4.78 is 13.7. The third-order valence-electron chi connectivity index (χ3n) is 2.05. The zero-order valence-electron chi connectivity index (χ0n) is 8.92. The van der Waals surface area contributed by atoms with Crippen LogP contribution in [-0.4, -0.2) is 9.97 Å². The summed E-state index contributed by atoms with van der Waals surface area (Å²) in [5.41, 5.74) is 2.88. The first-order chi connectivity index (χ1) is 8.60. The van der Waals surface area contributed by atoms with Crippen molar-refractivity contribution in [3.63, 3.8) is 0 Å². The number of hydrazine groups is 1. The van der Waals surface area contributed by atoms with E-state index in [1.807, 2.05) is 0 Å². The van der Waals surface area contributed by atoms with E-state index in [0.29, 0.717) is 26.8 Å². The average Bonchev–Trinajstić information content (AvgIpc) is 2.30. The molecule has 18 heavy (non-hydrogen) atoms. The van der Waals surface area contributed by atoms with Crippen LogP contribution in [0.3, 0.4) is 0 Å². The summed E-state index contributed by atoms with van der Waals surface area (Å²) in [5.74, 6) is 5.70. The van der Waals surface area contributed by atoms with Gasteiger partial charge in [-0.25, -0.2) is 20.2 Å². The lowest BCUT2D eigenvalue weighted by atomic mass is 10.3. The van der Waals surface area contributed by atoms with E-state index in [-0.39, 0.29) is 0 Å². The van der Waals surface area contributed by atoms with Crippen LogP contribution in [0.4, 0.5) is 21.7 Å². The third kappa shape index (κ3) is 2.87. The Hall–Kier alpha value is -1.44. The van der Waals surface area contributed by atoms with Crippen molar-refractivity contribution in [1.29, 1.82) is 0 Å². The van der Waals surface area contributed by atoms with Crippen LogP contribution >= 0.6 is 27.5 Å². The van der Waals surface area contributed by atoms with E-state index in [2.05, 4.69) is 36.6 Å². The number of nitrogen functional groups attached to an aromatic ring is 1. The molecule has 0 atom stereocenters. The SMILES string of the molecule is NNc1ncnc(Nc2cc(F)cc(Cl)c2)c1Br. The molecule has 2 rings (SSSR count). The molecule has 0 bridgehead atoms. The molecule has 0 radical (unpaired) electrons. The van der Waals surface area contributed by atoms with Gasteiger partial charge in [0, 0.05) is 10.7 Å². The maximum atomic E-state index is 13.2. The lowest BCUT2D eigenvalue weighted by molar-refractivity contribution is 0.628. The molecule has 0 aliphatic rings. The Balaban J connectivity index is 2.34. The van der Waals surface area contributed by atoms with Crippen LogP contribution in [0.2, 0.25) is 5.02 Å². The zero-order valence-corrected chi connectivity index (χ0v) is 11.3. The number of aromatic nitrogens is 2. The second-order valence-corrected chi connectivity index (χ2v) is 4.54. The van der Waals surface area contributed by atoms with Gasteiger partial charge < -0.3 is 10.7 Å². The van der Waals surface area contributed by atoms with Gasteiger partial charge in [-0.2, -0.15) is 0 Å². The minimum absolute atomic E-state index is 0.292. The van der Waals surface area contributed by atoms with E-state index in [9.17, 15) is 4.39 Å². The van der Waals surface area contributed by atoms with E-state index in [1.54, 1.807) is 6.07 Å². The summed E-state index contributed by atoms with van der Waals surface area (Å²) >= 11 is 9.04. The molecule has 0 aliphatic carbocycles. The molecule has 8 heteroatoms. The predicted octanol–water partition coefficient (Wildman–Crippen LogP) is 3.06. The van der Waals surface area contributed by atoms with Crippen LogP contribution in [0.15, 0.2) is 29.0 Å². The van der Waals surface area contributed by atoms with Crippen molar-refractivity contribution in [2.45, 2.75) is 0 Å². The molecular formula is C10H8BrClFN5. The third-order valence-corrected chi connectivity index (χ3v) is 3.02. The quantitative estimate of drug-likeness (QED) is 0.595. The molecule has 0 amide bonds. The van der Waals surface area contributed by atoms with E-state index in [1.165, 1.54) is 18.5 Å². The summed E-state index contributed by atoms with van der Waals surface area (Å²) in [4.78, 5) is 7.91. The Kier molecular flexibility index (Phi) is 3.95. The maximum absolute atomic E-state index is 13.2. The predicted molar refractivity (Wildman–Crippen MR) is 72.2 cm³/mol. The Morgan fingerprint density at radius 1 is 1.22 bits per heavy atom. The normalized spacial score (nSPS) is 10.2. The lowest BCUT2D eigenvalue weighted by Crippen LogP contribution is -2.10. The largest absolute Gasteiger partial charge is 0.339 e. The fourth-order valence-corrected chi connectivity index (χ4v) is 1.96. The van der Waals surface area contributed by atoms with Crippen LogP contribution < -0.4 is 16.6 Å². The molecule has 94 valence electrons. The summed E-state index contributed by atoms with van der Waals surface area (Å²) in [6.45, 7) is 0. The van der Waals surface area contributed by atoms with Gasteiger partial charge >= 0.3 is 0 Å². The lowest BCUT2D eigenvalue weighted by Gasteiger charge is -2.10. The molecule has 0 saturated heterocycles. The highest BCUT2D eigenvalue weighted by molar-refractivity contribution is 9.10. The molecule has 0 unspecified atom stereocenters. The summed E-state index contributed by atoms with van der Waals surface area (Å²) in [7, 11) is 0. The summed E-state index contributed by atoms with van der Waals surface area (Å²) in [6, 6.07) is 4.10. The molecule has 5 nitrogen and oxygen atoms in total. The molecular weight excluding hydrogens is 324 g/mol. The van der Waals surface area contributed by atoms with Crippen LogP contribution in [-0.2, 0) is 0 Å². The number of rotatable bonds is 3. The van der Waals surface area contributed by atoms with E-state index in [0.717, 1.165) is 0 Å². The van der Waals surface area contributed by atoms with Crippen molar-refractivity contribution in [3.05, 3.63) is 39.8 Å². The van der Waals surface area contributed by atoms with Gasteiger partial charge in [-0.1, -0.05) is 11.6 Å². The summed E-state index contributed by atoms with van der Waals surface area (Å²) in [5, 5.41) is 3.20. The number of nitrogens with zero attached hydrogens (tertiary/aromatic N) is 2. The van der Waals surface area contributed by atoms with Crippen molar-refractivity contribution in [2.75, 3.05) is 10.7 Å².